The zero-order valence-corrected chi connectivity index (χ0v) is 15.8. The third-order valence-electron chi connectivity index (χ3n) is 3.79. The monoisotopic (exact) mass is 395 g/mol. The van der Waals surface area contributed by atoms with Gasteiger partial charge in [-0.05, 0) is 37.1 Å². The van der Waals surface area contributed by atoms with Crippen molar-refractivity contribution in [3.05, 3.63) is 64.2 Å². The van der Waals surface area contributed by atoms with E-state index in [0.29, 0.717) is 5.56 Å². The van der Waals surface area contributed by atoms with Crippen molar-refractivity contribution in [2.75, 3.05) is 0 Å². The molecule has 0 aliphatic carbocycles. The Hall–Kier alpha value is -2.22. The van der Waals surface area contributed by atoms with Crippen LogP contribution in [0.15, 0.2) is 47.4 Å². The van der Waals surface area contributed by atoms with E-state index in [-0.39, 0.29) is 21.3 Å². The van der Waals surface area contributed by atoms with Crippen LogP contribution in [0.4, 0.5) is 0 Å². The van der Waals surface area contributed by atoms with Gasteiger partial charge in [0, 0.05) is 5.56 Å². The summed E-state index contributed by atoms with van der Waals surface area (Å²) in [4.78, 5) is 24.4. The van der Waals surface area contributed by atoms with Crippen molar-refractivity contribution in [2.45, 2.75) is 31.3 Å². The number of sulfonamides is 1. The van der Waals surface area contributed by atoms with Crippen LogP contribution in [0.25, 0.3) is 0 Å². The van der Waals surface area contributed by atoms with Crippen LogP contribution in [0, 0.1) is 0 Å². The first-order valence-electron chi connectivity index (χ1n) is 7.80. The zero-order valence-electron chi connectivity index (χ0n) is 14.2. The van der Waals surface area contributed by atoms with Crippen LogP contribution in [0.1, 0.15) is 40.1 Å². The molecule has 0 heterocycles. The smallest absolute Gasteiger partial charge is 0.340 e. The number of halogens is 1. The highest BCUT2D eigenvalue weighted by molar-refractivity contribution is 7.89. The Balaban J connectivity index is 2.19. The van der Waals surface area contributed by atoms with Gasteiger partial charge in [0.2, 0.25) is 15.8 Å². The number of rotatable bonds is 6. The summed E-state index contributed by atoms with van der Waals surface area (Å²) in [5.41, 5.74) is 1.31. The Morgan fingerprint density at radius 1 is 1.15 bits per heavy atom. The molecule has 2 aromatic rings. The van der Waals surface area contributed by atoms with Crippen LogP contribution in [0.5, 0.6) is 0 Å². The van der Waals surface area contributed by atoms with Crippen LogP contribution in [0.3, 0.4) is 0 Å². The van der Waals surface area contributed by atoms with E-state index < -0.39 is 22.1 Å². The molecule has 0 saturated heterocycles. The molecule has 138 valence electrons. The fraction of sp³-hybridized carbons (Fsp3) is 0.222. The fourth-order valence-corrected chi connectivity index (χ4v) is 2.99. The van der Waals surface area contributed by atoms with Gasteiger partial charge < -0.3 is 4.74 Å². The van der Waals surface area contributed by atoms with Gasteiger partial charge in [0.1, 0.15) is 0 Å². The molecule has 0 aliphatic heterocycles. The predicted molar refractivity (Wildman–Crippen MR) is 97.9 cm³/mol. The molecule has 0 spiro atoms. The molecule has 1 atom stereocenters. The number of ketones is 1. The van der Waals surface area contributed by atoms with Gasteiger partial charge in [-0.1, -0.05) is 42.8 Å². The molecule has 2 N–H and O–H groups in total. The second-order valence-corrected chi connectivity index (χ2v) is 7.62. The number of esters is 1. The number of carbonyl (C=O) groups is 2. The number of benzene rings is 2. The number of hydrogen-bond acceptors (Lipinski definition) is 5. The lowest BCUT2D eigenvalue weighted by Gasteiger charge is -2.14. The Bertz CT molecular complexity index is 939. The molecule has 0 unspecified atom stereocenters. The van der Waals surface area contributed by atoms with E-state index in [1.807, 2.05) is 19.1 Å². The minimum Gasteiger partial charge on any atom is -0.451 e. The van der Waals surface area contributed by atoms with E-state index in [1.54, 1.807) is 12.1 Å². The molecule has 6 nitrogen and oxygen atoms in total. The lowest BCUT2D eigenvalue weighted by atomic mass is 10.0. The Morgan fingerprint density at radius 2 is 1.77 bits per heavy atom. The standard InChI is InChI=1S/C18H18ClNO5S/c1-3-12-4-6-13(7-5-12)17(21)11(2)25-18(22)15-10-14(26(20,23)24)8-9-16(15)19/h4-11H,3H2,1-2H3,(H2,20,23,24)/t11-/m0/s1. The third kappa shape index (κ3) is 4.69. The maximum Gasteiger partial charge on any atom is 0.340 e. The molecule has 0 radical (unpaired) electrons. The summed E-state index contributed by atoms with van der Waals surface area (Å²) < 4.78 is 28.0. The van der Waals surface area contributed by atoms with Crippen molar-refractivity contribution in [2.24, 2.45) is 5.14 Å². The van der Waals surface area contributed by atoms with Crippen LogP contribution in [-0.2, 0) is 21.2 Å². The van der Waals surface area contributed by atoms with Crippen LogP contribution in [-0.4, -0.2) is 26.3 Å². The van der Waals surface area contributed by atoms with Crippen molar-refractivity contribution in [3.63, 3.8) is 0 Å². The molecule has 0 fully saturated rings. The molecule has 8 heteroatoms. The summed E-state index contributed by atoms with van der Waals surface area (Å²) in [6.07, 6.45) is -0.220. The summed E-state index contributed by atoms with van der Waals surface area (Å²) in [6, 6.07) is 10.4. The molecular weight excluding hydrogens is 378 g/mol. The number of aryl methyl sites for hydroxylation is 1. The molecule has 0 amide bonds. The molecule has 26 heavy (non-hydrogen) atoms. The second-order valence-electron chi connectivity index (χ2n) is 5.65. The van der Waals surface area contributed by atoms with Gasteiger partial charge in [-0.2, -0.15) is 0 Å². The molecule has 2 rings (SSSR count). The van der Waals surface area contributed by atoms with Crippen LogP contribution in [0.2, 0.25) is 5.02 Å². The molecule has 2 aromatic carbocycles. The topological polar surface area (TPSA) is 104 Å². The Labute approximate surface area is 157 Å². The van der Waals surface area contributed by atoms with E-state index >= 15 is 0 Å². The van der Waals surface area contributed by atoms with Gasteiger partial charge in [0.15, 0.2) is 6.10 Å². The third-order valence-corrected chi connectivity index (χ3v) is 5.03. The average molecular weight is 396 g/mol. The summed E-state index contributed by atoms with van der Waals surface area (Å²) >= 11 is 5.93. The highest BCUT2D eigenvalue weighted by atomic mass is 35.5. The fourth-order valence-electron chi connectivity index (χ4n) is 2.25. The number of hydrogen-bond donors (Lipinski definition) is 1. The number of nitrogens with two attached hydrogens (primary N) is 1. The highest BCUT2D eigenvalue weighted by Gasteiger charge is 2.23. The summed E-state index contributed by atoms with van der Waals surface area (Å²) in [7, 11) is -4.00. The van der Waals surface area contributed by atoms with Crippen molar-refractivity contribution in [1.82, 2.24) is 0 Å². The Morgan fingerprint density at radius 3 is 2.31 bits per heavy atom. The van der Waals surface area contributed by atoms with E-state index in [2.05, 4.69) is 0 Å². The molecule has 0 saturated carbocycles. The van der Waals surface area contributed by atoms with Gasteiger partial charge in [0.05, 0.1) is 15.5 Å². The molecular formula is C18H18ClNO5S. The maximum absolute atomic E-state index is 12.4. The molecule has 0 aliphatic rings. The summed E-state index contributed by atoms with van der Waals surface area (Å²) in [6.45, 7) is 3.44. The zero-order chi connectivity index (χ0) is 19.5. The summed E-state index contributed by atoms with van der Waals surface area (Å²) in [5.74, 6) is -1.29. The predicted octanol–water partition coefficient (Wildman–Crippen LogP) is 2.98. The normalized spacial score (nSPS) is 12.5. The van der Waals surface area contributed by atoms with Gasteiger partial charge in [-0.25, -0.2) is 18.4 Å². The summed E-state index contributed by atoms with van der Waals surface area (Å²) in [5, 5.41) is 5.04. The minimum atomic E-state index is -4.00. The lowest BCUT2D eigenvalue weighted by molar-refractivity contribution is 0.0318. The lowest BCUT2D eigenvalue weighted by Crippen LogP contribution is -2.25. The maximum atomic E-state index is 12.4. The van der Waals surface area contributed by atoms with Crippen molar-refractivity contribution in [1.29, 1.82) is 0 Å². The molecule has 0 bridgehead atoms. The minimum absolute atomic E-state index is 0.00523. The van der Waals surface area contributed by atoms with E-state index in [9.17, 15) is 18.0 Å². The second kappa shape index (κ2) is 7.99. The number of Topliss-reactive ketones (excluding diaryl/α,β-unsaturated/α-hetero) is 1. The SMILES string of the molecule is CCc1ccc(C(=O)[C@H](C)OC(=O)c2cc(S(N)(=O)=O)ccc2Cl)cc1. The quantitative estimate of drug-likeness (QED) is 0.598. The van der Waals surface area contributed by atoms with E-state index in [0.717, 1.165) is 18.1 Å². The molecule has 0 aromatic heterocycles. The van der Waals surface area contributed by atoms with Gasteiger partial charge >= 0.3 is 5.97 Å². The first-order valence-corrected chi connectivity index (χ1v) is 9.72. The van der Waals surface area contributed by atoms with Gasteiger partial charge in [0.25, 0.3) is 0 Å². The van der Waals surface area contributed by atoms with Crippen molar-refractivity contribution >= 4 is 33.4 Å². The average Bonchev–Trinajstić information content (AvgIpc) is 2.60. The number of carbonyl (C=O) groups excluding carboxylic acids is 2. The van der Waals surface area contributed by atoms with E-state index in [4.69, 9.17) is 21.5 Å². The van der Waals surface area contributed by atoms with Crippen LogP contribution >= 0.6 is 11.6 Å². The van der Waals surface area contributed by atoms with Crippen molar-refractivity contribution in [3.8, 4) is 0 Å². The number of ether oxygens (including phenoxy) is 1. The van der Waals surface area contributed by atoms with Crippen LogP contribution < -0.4 is 5.14 Å². The Kier molecular flexibility index (Phi) is 6.17. The first kappa shape index (κ1) is 20.1. The van der Waals surface area contributed by atoms with Crippen molar-refractivity contribution < 1.29 is 22.7 Å². The van der Waals surface area contributed by atoms with E-state index in [1.165, 1.54) is 19.1 Å². The van der Waals surface area contributed by atoms with Gasteiger partial charge in [-0.3, -0.25) is 4.79 Å². The largest absolute Gasteiger partial charge is 0.451 e. The number of primary sulfonamides is 1. The first-order chi connectivity index (χ1) is 12.1. The van der Waals surface area contributed by atoms with Gasteiger partial charge in [-0.15, -0.1) is 0 Å². The highest BCUT2D eigenvalue weighted by Crippen LogP contribution is 2.22.